The molecule has 0 saturated heterocycles. The van der Waals surface area contributed by atoms with E-state index >= 15 is 0 Å². The lowest BCUT2D eigenvalue weighted by Crippen LogP contribution is -2.51. The minimum atomic E-state index is -4.16. The molecule has 0 radical (unpaired) electrons. The van der Waals surface area contributed by atoms with Crippen molar-refractivity contribution in [2.24, 2.45) is 0 Å². The third kappa shape index (κ3) is 7.69. The Morgan fingerprint density at radius 3 is 2.00 bits per heavy atom. The van der Waals surface area contributed by atoms with Crippen LogP contribution in [0.4, 0.5) is 5.69 Å². The van der Waals surface area contributed by atoms with E-state index in [2.05, 4.69) is 5.32 Å². The van der Waals surface area contributed by atoms with Crippen LogP contribution in [0.5, 0.6) is 11.5 Å². The summed E-state index contributed by atoms with van der Waals surface area (Å²) >= 11 is 6.04. The third-order valence-corrected chi connectivity index (χ3v) is 8.54. The molecule has 0 heterocycles. The summed E-state index contributed by atoms with van der Waals surface area (Å²) in [5.74, 6) is 0.237. The molecule has 1 N–H and O–H groups in total. The first-order valence-corrected chi connectivity index (χ1v) is 15.2. The Morgan fingerprint density at radius 1 is 0.833 bits per heavy atom. The highest BCUT2D eigenvalue weighted by molar-refractivity contribution is 7.92. The van der Waals surface area contributed by atoms with Crippen LogP contribution < -0.4 is 14.4 Å². The highest BCUT2D eigenvalue weighted by atomic mass is 35.5. The van der Waals surface area contributed by atoms with E-state index in [0.29, 0.717) is 23.1 Å². The van der Waals surface area contributed by atoms with Gasteiger partial charge in [0.2, 0.25) is 11.8 Å². The number of nitrogens with one attached hydrogen (secondary N) is 1. The van der Waals surface area contributed by atoms with Crippen molar-refractivity contribution in [1.82, 2.24) is 10.2 Å². The first kappa shape index (κ1) is 30.6. The molecule has 4 aromatic carbocycles. The minimum Gasteiger partial charge on any atom is -0.457 e. The van der Waals surface area contributed by atoms with E-state index in [1.165, 1.54) is 17.0 Å². The maximum absolute atomic E-state index is 13.9. The maximum atomic E-state index is 13.9. The van der Waals surface area contributed by atoms with E-state index < -0.39 is 28.5 Å². The van der Waals surface area contributed by atoms with Crippen molar-refractivity contribution in [3.8, 4) is 11.5 Å². The van der Waals surface area contributed by atoms with Crippen LogP contribution in [-0.4, -0.2) is 44.3 Å². The summed E-state index contributed by atoms with van der Waals surface area (Å²) in [6, 6.07) is 29.6. The van der Waals surface area contributed by atoms with Gasteiger partial charge in [0.25, 0.3) is 10.0 Å². The second-order valence-electron chi connectivity index (χ2n) is 9.45. The second-order valence-corrected chi connectivity index (χ2v) is 11.8. The zero-order valence-corrected chi connectivity index (χ0v) is 24.9. The molecule has 1 unspecified atom stereocenters. The van der Waals surface area contributed by atoms with Crippen LogP contribution in [0.15, 0.2) is 114 Å². The molecule has 0 aliphatic rings. The van der Waals surface area contributed by atoms with Gasteiger partial charge in [0, 0.05) is 18.1 Å². The molecule has 218 valence electrons. The van der Waals surface area contributed by atoms with Crippen LogP contribution in [-0.2, 0) is 26.2 Å². The van der Waals surface area contributed by atoms with Crippen LogP contribution in [0.3, 0.4) is 0 Å². The predicted octanol–water partition coefficient (Wildman–Crippen LogP) is 5.88. The summed E-state index contributed by atoms with van der Waals surface area (Å²) in [5, 5.41) is 3.28. The van der Waals surface area contributed by atoms with Gasteiger partial charge in [-0.2, -0.15) is 0 Å². The number of carbonyl (C=O) groups is 2. The third-order valence-electron chi connectivity index (χ3n) is 6.50. The number of nitrogens with zero attached hydrogens (tertiary/aromatic N) is 2. The van der Waals surface area contributed by atoms with Gasteiger partial charge in [-0.3, -0.25) is 13.9 Å². The average molecular weight is 606 g/mol. The number of ether oxygens (including phenoxy) is 1. The van der Waals surface area contributed by atoms with Gasteiger partial charge in [-0.05, 0) is 80.1 Å². The lowest BCUT2D eigenvalue weighted by molar-refractivity contribution is -0.139. The van der Waals surface area contributed by atoms with Gasteiger partial charge < -0.3 is 15.0 Å². The number of sulfonamides is 1. The monoisotopic (exact) mass is 605 g/mol. The van der Waals surface area contributed by atoms with Crippen molar-refractivity contribution >= 4 is 39.1 Å². The zero-order chi connectivity index (χ0) is 30.1. The largest absolute Gasteiger partial charge is 0.457 e. The molecule has 0 aromatic heterocycles. The molecule has 0 fully saturated rings. The molecular weight excluding hydrogens is 574 g/mol. The number of carbonyl (C=O) groups excluding carboxylic acids is 2. The molecule has 8 nitrogen and oxygen atoms in total. The van der Waals surface area contributed by atoms with Gasteiger partial charge in [-0.25, -0.2) is 8.42 Å². The topological polar surface area (TPSA) is 96.0 Å². The van der Waals surface area contributed by atoms with Gasteiger partial charge >= 0.3 is 0 Å². The fraction of sp³-hybridized carbons (Fsp3) is 0.188. The Morgan fingerprint density at radius 2 is 1.40 bits per heavy atom. The van der Waals surface area contributed by atoms with Crippen molar-refractivity contribution in [2.45, 2.75) is 31.3 Å². The SMILES string of the molecule is CCNC(=O)C(C)N(Cc1ccc(Cl)cc1)C(=O)CN(c1ccc(Oc2ccccc2)cc1)S(=O)(=O)c1ccccc1. The lowest BCUT2D eigenvalue weighted by atomic mass is 10.1. The Kier molecular flexibility index (Phi) is 10.2. The number of halogens is 1. The quantitative estimate of drug-likeness (QED) is 0.218. The van der Waals surface area contributed by atoms with Gasteiger partial charge in [-0.1, -0.05) is 60.1 Å². The van der Waals surface area contributed by atoms with Crippen molar-refractivity contribution in [3.05, 3.63) is 120 Å². The number of rotatable bonds is 12. The van der Waals surface area contributed by atoms with Crippen molar-refractivity contribution in [3.63, 3.8) is 0 Å². The summed E-state index contributed by atoms with van der Waals surface area (Å²) < 4.78 is 34.7. The fourth-order valence-electron chi connectivity index (χ4n) is 4.24. The summed E-state index contributed by atoms with van der Waals surface area (Å²) in [7, 11) is -4.16. The number of hydrogen-bond acceptors (Lipinski definition) is 5. The van der Waals surface area contributed by atoms with E-state index in [4.69, 9.17) is 16.3 Å². The van der Waals surface area contributed by atoms with E-state index in [1.54, 1.807) is 80.6 Å². The Labute approximate surface area is 251 Å². The van der Waals surface area contributed by atoms with Gasteiger partial charge in [0.15, 0.2) is 0 Å². The predicted molar refractivity (Wildman–Crippen MR) is 164 cm³/mol. The van der Waals surface area contributed by atoms with Crippen molar-refractivity contribution in [1.29, 1.82) is 0 Å². The van der Waals surface area contributed by atoms with Crippen molar-refractivity contribution in [2.75, 3.05) is 17.4 Å². The van der Waals surface area contributed by atoms with Gasteiger partial charge in [0.05, 0.1) is 10.6 Å². The molecule has 0 bridgehead atoms. The van der Waals surface area contributed by atoms with Crippen LogP contribution in [0, 0.1) is 0 Å². The number of likely N-dealkylation sites (N-methyl/N-ethyl adjacent to an activating group) is 1. The Hall–Kier alpha value is -4.34. The van der Waals surface area contributed by atoms with Gasteiger partial charge in [0.1, 0.15) is 24.1 Å². The number of amides is 2. The maximum Gasteiger partial charge on any atom is 0.264 e. The molecule has 0 saturated carbocycles. The molecule has 1 atom stereocenters. The highest BCUT2D eigenvalue weighted by Crippen LogP contribution is 2.28. The summed E-state index contributed by atoms with van der Waals surface area (Å²) in [4.78, 5) is 28.1. The molecule has 0 aliphatic carbocycles. The fourth-order valence-corrected chi connectivity index (χ4v) is 5.81. The summed E-state index contributed by atoms with van der Waals surface area (Å²) in [6.45, 7) is 3.34. The smallest absolute Gasteiger partial charge is 0.264 e. The Bertz CT molecular complexity index is 1580. The standard InChI is InChI=1S/C32H32ClN3O5S/c1-3-34-32(38)24(2)35(22-25-14-16-26(33)17-15-25)31(37)23-36(42(39,40)30-12-8-5-9-13-30)27-18-20-29(21-19-27)41-28-10-6-4-7-11-28/h4-21,24H,3,22-23H2,1-2H3,(H,34,38). The number of para-hydroxylation sites is 1. The molecule has 2 amide bonds. The van der Waals surface area contributed by atoms with Crippen LogP contribution in [0.2, 0.25) is 5.02 Å². The first-order chi connectivity index (χ1) is 20.2. The molecule has 0 aliphatic heterocycles. The number of hydrogen-bond donors (Lipinski definition) is 1. The molecule has 10 heteroatoms. The number of benzene rings is 4. The zero-order valence-electron chi connectivity index (χ0n) is 23.3. The van der Waals surface area contributed by atoms with E-state index in [-0.39, 0.29) is 23.0 Å². The molecule has 4 aromatic rings. The van der Waals surface area contributed by atoms with E-state index in [0.717, 1.165) is 9.87 Å². The summed E-state index contributed by atoms with van der Waals surface area (Å²) in [6.07, 6.45) is 0. The van der Waals surface area contributed by atoms with Crippen LogP contribution >= 0.6 is 11.6 Å². The minimum absolute atomic E-state index is 0.0310. The molecule has 42 heavy (non-hydrogen) atoms. The van der Waals surface area contributed by atoms with Crippen molar-refractivity contribution < 1.29 is 22.7 Å². The van der Waals surface area contributed by atoms with Crippen LogP contribution in [0.25, 0.3) is 0 Å². The second kappa shape index (κ2) is 14.0. The van der Waals surface area contributed by atoms with Crippen LogP contribution in [0.1, 0.15) is 19.4 Å². The molecule has 4 rings (SSSR count). The Balaban J connectivity index is 1.68. The first-order valence-electron chi connectivity index (χ1n) is 13.4. The van der Waals surface area contributed by atoms with E-state index in [9.17, 15) is 18.0 Å². The number of anilines is 1. The average Bonchev–Trinajstić information content (AvgIpc) is 3.00. The van der Waals surface area contributed by atoms with Gasteiger partial charge in [-0.15, -0.1) is 0 Å². The summed E-state index contributed by atoms with van der Waals surface area (Å²) in [5.41, 5.74) is 1.01. The molecular formula is C32H32ClN3O5S. The molecule has 0 spiro atoms. The lowest BCUT2D eigenvalue weighted by Gasteiger charge is -2.32. The highest BCUT2D eigenvalue weighted by Gasteiger charge is 2.32. The normalized spacial score (nSPS) is 11.8. The van der Waals surface area contributed by atoms with E-state index in [1.807, 2.05) is 30.3 Å².